The van der Waals surface area contributed by atoms with Gasteiger partial charge in [0.2, 0.25) is 5.82 Å². The van der Waals surface area contributed by atoms with Gasteiger partial charge >= 0.3 is 12.1 Å². The molecule has 3 rings (SSSR count). The van der Waals surface area contributed by atoms with Crippen LogP contribution in [0.15, 0.2) is 18.2 Å². The number of nitrogens with zero attached hydrogens (tertiary/aromatic N) is 2. The maximum Gasteiger partial charge on any atom is 0.451 e. The third-order valence-corrected chi connectivity index (χ3v) is 4.66. The molecule has 2 aromatic rings. The molecule has 1 aromatic heterocycles. The number of hydrogen-bond acceptors (Lipinski definition) is 6. The van der Waals surface area contributed by atoms with Gasteiger partial charge in [-0.15, -0.1) is 0 Å². The molecule has 7 nitrogen and oxygen atoms in total. The number of quaternary nitrogens is 1. The molecule has 0 spiro atoms. The van der Waals surface area contributed by atoms with Gasteiger partial charge in [0.25, 0.3) is 0 Å². The summed E-state index contributed by atoms with van der Waals surface area (Å²) in [4.78, 5) is 20.7. The fourth-order valence-corrected chi connectivity index (χ4v) is 3.19. The Balaban J connectivity index is 1.80. The highest BCUT2D eigenvalue weighted by Crippen LogP contribution is 2.30. The number of fused-ring (bicyclic) bond motifs is 1. The van der Waals surface area contributed by atoms with Crippen molar-refractivity contribution in [3.8, 4) is 0 Å². The van der Waals surface area contributed by atoms with Crippen LogP contribution >= 0.6 is 0 Å². The summed E-state index contributed by atoms with van der Waals surface area (Å²) in [7, 11) is 0. The first-order valence-corrected chi connectivity index (χ1v) is 9.60. The van der Waals surface area contributed by atoms with Crippen LogP contribution in [0.4, 0.5) is 19.0 Å². The molecule has 1 aromatic carbocycles. The van der Waals surface area contributed by atoms with Gasteiger partial charge in [-0.3, -0.25) is 0 Å². The standard InChI is InChI=1S/C19H23F3N4O3/c1-2-29-17(27)13-4-5-15-14(12-13)16(25-18(24-15)19(20,21)22)23-6-3-7-26-8-10-28-11-9-26/h4-5,12H,2-3,6-11H2,1H3,(H,23,24,25)/p+1. The topological polar surface area (TPSA) is 77.8 Å². The first-order chi connectivity index (χ1) is 13.9. The van der Waals surface area contributed by atoms with Crippen molar-refractivity contribution in [3.63, 3.8) is 0 Å². The molecule has 0 aliphatic carbocycles. The first kappa shape index (κ1) is 21.3. The van der Waals surface area contributed by atoms with E-state index in [1.165, 1.54) is 23.1 Å². The molecular formula is C19H24F3N4O3+. The van der Waals surface area contributed by atoms with Gasteiger partial charge < -0.3 is 19.7 Å². The third kappa shape index (κ3) is 5.54. The van der Waals surface area contributed by atoms with Crippen LogP contribution in [0.1, 0.15) is 29.5 Å². The fourth-order valence-electron chi connectivity index (χ4n) is 3.19. The van der Waals surface area contributed by atoms with E-state index in [4.69, 9.17) is 9.47 Å². The van der Waals surface area contributed by atoms with Crippen LogP contribution in [0.3, 0.4) is 0 Å². The van der Waals surface area contributed by atoms with Gasteiger partial charge in [0, 0.05) is 18.4 Å². The highest BCUT2D eigenvalue weighted by Gasteiger charge is 2.35. The zero-order chi connectivity index (χ0) is 20.9. The Hall–Kier alpha value is -2.46. The molecule has 1 saturated heterocycles. The number of ether oxygens (including phenoxy) is 2. The predicted octanol–water partition coefficient (Wildman–Crippen LogP) is 1.54. The summed E-state index contributed by atoms with van der Waals surface area (Å²) < 4.78 is 49.9. The zero-order valence-corrected chi connectivity index (χ0v) is 16.1. The highest BCUT2D eigenvalue weighted by atomic mass is 19.4. The zero-order valence-electron chi connectivity index (χ0n) is 16.1. The van der Waals surface area contributed by atoms with Crippen molar-refractivity contribution in [1.29, 1.82) is 0 Å². The molecule has 0 unspecified atom stereocenters. The Kier molecular flexibility index (Phi) is 6.86. The van der Waals surface area contributed by atoms with Crippen LogP contribution in [0.25, 0.3) is 10.9 Å². The third-order valence-electron chi connectivity index (χ3n) is 4.66. The van der Waals surface area contributed by atoms with Gasteiger partial charge in [0.05, 0.1) is 37.4 Å². The number of aromatic nitrogens is 2. The van der Waals surface area contributed by atoms with Crippen LogP contribution in [0.2, 0.25) is 0 Å². The van der Waals surface area contributed by atoms with E-state index in [0.29, 0.717) is 11.9 Å². The lowest BCUT2D eigenvalue weighted by molar-refractivity contribution is -0.908. The molecule has 0 radical (unpaired) electrons. The quantitative estimate of drug-likeness (QED) is 0.530. The average Bonchev–Trinajstić information content (AvgIpc) is 2.71. The number of carbonyl (C=O) groups is 1. The Bertz CT molecular complexity index is 854. The van der Waals surface area contributed by atoms with E-state index in [0.717, 1.165) is 39.3 Å². The molecule has 0 saturated carbocycles. The Labute approximate surface area is 166 Å². The SMILES string of the molecule is CCOC(=O)c1ccc2nc(C(F)(F)F)nc(NCCC[NH+]3CCOCC3)c2c1. The van der Waals surface area contributed by atoms with Crippen LogP contribution < -0.4 is 10.2 Å². The molecule has 1 aliphatic rings. The minimum Gasteiger partial charge on any atom is -0.462 e. The Morgan fingerprint density at radius 1 is 1.28 bits per heavy atom. The maximum atomic E-state index is 13.2. The number of halogens is 3. The lowest BCUT2D eigenvalue weighted by atomic mass is 10.1. The van der Waals surface area contributed by atoms with Crippen molar-refractivity contribution in [2.45, 2.75) is 19.5 Å². The molecule has 0 amide bonds. The van der Waals surface area contributed by atoms with E-state index in [-0.39, 0.29) is 23.5 Å². The van der Waals surface area contributed by atoms with Crippen molar-refractivity contribution in [3.05, 3.63) is 29.6 Å². The second-order valence-electron chi connectivity index (χ2n) is 6.74. The lowest BCUT2D eigenvalue weighted by Gasteiger charge is -2.23. The largest absolute Gasteiger partial charge is 0.462 e. The number of anilines is 1. The molecule has 0 bridgehead atoms. The number of esters is 1. The maximum absolute atomic E-state index is 13.2. The van der Waals surface area contributed by atoms with Crippen LogP contribution in [-0.2, 0) is 15.7 Å². The summed E-state index contributed by atoms with van der Waals surface area (Å²) in [5.74, 6) is -1.70. The van der Waals surface area contributed by atoms with Crippen molar-refractivity contribution >= 4 is 22.7 Å². The summed E-state index contributed by atoms with van der Waals surface area (Å²) in [5.41, 5.74) is 0.352. The molecule has 29 heavy (non-hydrogen) atoms. The van der Waals surface area contributed by atoms with Gasteiger partial charge in [-0.1, -0.05) is 0 Å². The van der Waals surface area contributed by atoms with Crippen LogP contribution in [0.5, 0.6) is 0 Å². The van der Waals surface area contributed by atoms with Crippen molar-refractivity contribution in [2.75, 3.05) is 51.3 Å². The normalized spacial score (nSPS) is 15.4. The van der Waals surface area contributed by atoms with Crippen molar-refractivity contribution < 1.29 is 32.3 Å². The molecule has 158 valence electrons. The number of carbonyl (C=O) groups excluding carboxylic acids is 1. The monoisotopic (exact) mass is 413 g/mol. The summed E-state index contributed by atoms with van der Waals surface area (Å²) >= 11 is 0. The van der Waals surface area contributed by atoms with Gasteiger partial charge in [0.1, 0.15) is 18.9 Å². The van der Waals surface area contributed by atoms with Gasteiger partial charge in [-0.25, -0.2) is 14.8 Å². The van der Waals surface area contributed by atoms with Gasteiger partial charge in [-0.2, -0.15) is 13.2 Å². The number of nitrogens with one attached hydrogen (secondary N) is 2. The lowest BCUT2D eigenvalue weighted by Crippen LogP contribution is -3.14. The second-order valence-corrected chi connectivity index (χ2v) is 6.74. The second kappa shape index (κ2) is 9.36. The van der Waals surface area contributed by atoms with E-state index in [1.807, 2.05) is 0 Å². The van der Waals surface area contributed by atoms with Crippen molar-refractivity contribution in [2.24, 2.45) is 0 Å². The van der Waals surface area contributed by atoms with E-state index >= 15 is 0 Å². The van der Waals surface area contributed by atoms with Crippen LogP contribution in [0, 0.1) is 0 Å². The van der Waals surface area contributed by atoms with Crippen molar-refractivity contribution in [1.82, 2.24) is 9.97 Å². The first-order valence-electron chi connectivity index (χ1n) is 9.60. The highest BCUT2D eigenvalue weighted by molar-refractivity contribution is 5.97. The molecule has 10 heteroatoms. The predicted molar refractivity (Wildman–Crippen MR) is 100.0 cm³/mol. The minimum atomic E-state index is -4.66. The number of benzene rings is 1. The summed E-state index contributed by atoms with van der Waals surface area (Å²) in [6, 6.07) is 4.24. The van der Waals surface area contributed by atoms with E-state index < -0.39 is 18.0 Å². The average molecular weight is 413 g/mol. The molecule has 1 aliphatic heterocycles. The minimum absolute atomic E-state index is 0.0606. The summed E-state index contributed by atoms with van der Waals surface area (Å²) in [6.45, 7) is 6.54. The van der Waals surface area contributed by atoms with Gasteiger partial charge in [0.15, 0.2) is 0 Å². The smallest absolute Gasteiger partial charge is 0.451 e. The molecular weight excluding hydrogens is 389 g/mol. The molecule has 1 fully saturated rings. The molecule has 2 heterocycles. The van der Waals surface area contributed by atoms with E-state index in [1.54, 1.807) is 6.92 Å². The number of morpholine rings is 1. The summed E-state index contributed by atoms with van der Waals surface area (Å²) in [5, 5.41) is 3.34. The number of hydrogen-bond donors (Lipinski definition) is 2. The fraction of sp³-hybridized carbons (Fsp3) is 0.526. The molecule has 0 atom stereocenters. The van der Waals surface area contributed by atoms with E-state index in [2.05, 4.69) is 15.3 Å². The van der Waals surface area contributed by atoms with Gasteiger partial charge in [-0.05, 0) is 25.1 Å². The Morgan fingerprint density at radius 2 is 2.03 bits per heavy atom. The summed E-state index contributed by atoms with van der Waals surface area (Å²) in [6.07, 6.45) is -3.90. The Morgan fingerprint density at radius 3 is 2.72 bits per heavy atom. The van der Waals surface area contributed by atoms with E-state index in [9.17, 15) is 18.0 Å². The number of rotatable bonds is 7. The number of alkyl halides is 3. The van der Waals surface area contributed by atoms with Crippen LogP contribution in [-0.4, -0.2) is 61.9 Å². The molecule has 2 N–H and O–H groups in total.